The van der Waals surface area contributed by atoms with Crippen LogP contribution in [0.15, 0.2) is 69.1 Å². The topological polar surface area (TPSA) is 129 Å². The first kappa shape index (κ1) is 20.4. The largest absolute Gasteiger partial charge is 0.448 e. The lowest BCUT2D eigenvalue weighted by atomic mass is 10.0. The van der Waals surface area contributed by atoms with Gasteiger partial charge in [0.2, 0.25) is 5.65 Å². The number of nitrogens with two attached hydrogens (primary N) is 1. The van der Waals surface area contributed by atoms with E-state index in [1.54, 1.807) is 23.8 Å². The summed E-state index contributed by atoms with van der Waals surface area (Å²) in [6.07, 6.45) is 3.10. The number of benzene rings is 1. The molecule has 4 heterocycles. The number of aromatic nitrogens is 6. The molecule has 0 amide bonds. The number of aryl methyl sites for hydroxylation is 2. The predicted molar refractivity (Wildman–Crippen MR) is 122 cm³/mol. The molecule has 0 saturated heterocycles. The molecule has 0 unspecified atom stereocenters. The van der Waals surface area contributed by atoms with Crippen LogP contribution in [0.3, 0.4) is 0 Å². The van der Waals surface area contributed by atoms with E-state index in [0.29, 0.717) is 34.9 Å². The van der Waals surface area contributed by atoms with Gasteiger partial charge in [-0.3, -0.25) is 4.79 Å². The van der Waals surface area contributed by atoms with Crippen LogP contribution in [0.25, 0.3) is 28.0 Å². The van der Waals surface area contributed by atoms with Crippen LogP contribution in [-0.4, -0.2) is 24.3 Å². The van der Waals surface area contributed by atoms with Gasteiger partial charge >= 0.3 is 11.6 Å². The Labute approximate surface area is 187 Å². The molecule has 10 heteroatoms. The molecule has 5 aromatic rings. The maximum absolute atomic E-state index is 13.3. The van der Waals surface area contributed by atoms with E-state index < -0.39 is 0 Å². The number of rotatable bonds is 5. The standard InChI is InChI=1S/C23H21N7O3/c1-3-28-11-16(9-10-18(28)31)19-20(15-7-5-4-6-8-15)26-22(24)30-21(19)27-29(23(30)32)12-17-14(2)33-13-25-17/h4-11,13H,3,12H2,1-2H3,(H2,24,26,27)/p+1. The summed E-state index contributed by atoms with van der Waals surface area (Å²) in [5, 5.41) is 3.18. The number of pyridine rings is 1. The van der Waals surface area contributed by atoms with Gasteiger partial charge in [-0.1, -0.05) is 30.3 Å². The second kappa shape index (κ2) is 7.90. The highest BCUT2D eigenvalue weighted by molar-refractivity contribution is 5.88. The van der Waals surface area contributed by atoms with Gasteiger partial charge in [-0.2, -0.15) is 4.68 Å². The molecule has 0 aliphatic heterocycles. The van der Waals surface area contributed by atoms with Crippen molar-refractivity contribution >= 4 is 11.6 Å². The highest BCUT2D eigenvalue weighted by Gasteiger charge is 2.26. The Hall–Kier alpha value is -4.47. The first-order valence-corrected chi connectivity index (χ1v) is 10.5. The van der Waals surface area contributed by atoms with Crippen LogP contribution in [0.4, 0.5) is 5.95 Å². The molecular weight excluding hydrogens is 422 g/mol. The van der Waals surface area contributed by atoms with Crippen LogP contribution in [-0.2, 0) is 13.1 Å². The highest BCUT2D eigenvalue weighted by atomic mass is 16.3. The van der Waals surface area contributed by atoms with Crippen molar-refractivity contribution in [2.75, 3.05) is 5.73 Å². The second-order valence-electron chi connectivity index (χ2n) is 7.62. The van der Waals surface area contributed by atoms with Crippen molar-refractivity contribution in [2.24, 2.45) is 0 Å². The smallest absolute Gasteiger partial charge is 0.428 e. The molecule has 4 aromatic heterocycles. The van der Waals surface area contributed by atoms with Crippen molar-refractivity contribution in [1.82, 2.24) is 24.3 Å². The van der Waals surface area contributed by atoms with Crippen LogP contribution >= 0.6 is 0 Å². The Balaban J connectivity index is 1.84. The summed E-state index contributed by atoms with van der Waals surface area (Å²) in [5.74, 6) is 0.671. The SMILES string of the molecule is CCn1cc(-c2c(-c3ccccc3)nc(N)[n+]3c(=O)n(Cc4ncoc4C)[nH]c23)ccc1=O. The molecule has 166 valence electrons. The zero-order chi connectivity index (χ0) is 23.1. The zero-order valence-electron chi connectivity index (χ0n) is 18.1. The van der Waals surface area contributed by atoms with E-state index in [4.69, 9.17) is 10.2 Å². The van der Waals surface area contributed by atoms with Crippen LogP contribution < -0.4 is 21.4 Å². The van der Waals surface area contributed by atoms with Crippen LogP contribution in [0.5, 0.6) is 0 Å². The summed E-state index contributed by atoms with van der Waals surface area (Å²) in [5.41, 5.74) is 9.68. The van der Waals surface area contributed by atoms with Gasteiger partial charge in [-0.25, -0.2) is 14.9 Å². The number of hydrogen-bond acceptors (Lipinski definition) is 6. The van der Waals surface area contributed by atoms with Gasteiger partial charge in [0.15, 0.2) is 6.39 Å². The summed E-state index contributed by atoms with van der Waals surface area (Å²) < 4.78 is 9.61. The minimum Gasteiger partial charge on any atom is -0.448 e. The Bertz CT molecular complexity index is 1590. The van der Waals surface area contributed by atoms with Crippen LogP contribution in [0.1, 0.15) is 18.4 Å². The molecular formula is C23H22N7O3+. The first-order valence-electron chi connectivity index (χ1n) is 10.5. The Morgan fingerprint density at radius 1 is 1.12 bits per heavy atom. The van der Waals surface area contributed by atoms with Gasteiger partial charge in [-0.15, -0.1) is 9.38 Å². The van der Waals surface area contributed by atoms with Crippen molar-refractivity contribution < 1.29 is 8.82 Å². The lowest BCUT2D eigenvalue weighted by Crippen LogP contribution is -2.44. The minimum absolute atomic E-state index is 0.0493. The fraction of sp³-hybridized carbons (Fsp3) is 0.174. The molecule has 3 N–H and O–H groups in total. The zero-order valence-corrected chi connectivity index (χ0v) is 18.1. The van der Waals surface area contributed by atoms with Gasteiger partial charge in [-0.05, 0) is 19.9 Å². The number of aromatic amines is 1. The molecule has 0 radical (unpaired) electrons. The molecule has 0 atom stereocenters. The van der Waals surface area contributed by atoms with Gasteiger partial charge in [0.05, 0.1) is 5.56 Å². The van der Waals surface area contributed by atoms with Gasteiger partial charge in [0.1, 0.15) is 23.7 Å². The molecule has 33 heavy (non-hydrogen) atoms. The van der Waals surface area contributed by atoms with Crippen molar-refractivity contribution in [1.29, 1.82) is 0 Å². The molecule has 0 saturated carbocycles. The Kier molecular flexibility index (Phi) is 4.89. The maximum Gasteiger partial charge on any atom is 0.428 e. The van der Waals surface area contributed by atoms with Gasteiger partial charge < -0.3 is 14.7 Å². The lowest BCUT2D eigenvalue weighted by molar-refractivity contribution is -0.516. The Morgan fingerprint density at radius 3 is 2.61 bits per heavy atom. The van der Waals surface area contributed by atoms with E-state index >= 15 is 0 Å². The number of nitrogen functional groups attached to an aromatic ring is 1. The van der Waals surface area contributed by atoms with Crippen molar-refractivity contribution in [3.8, 4) is 22.4 Å². The normalized spacial score (nSPS) is 11.3. The summed E-state index contributed by atoms with van der Waals surface area (Å²) in [6, 6.07) is 12.8. The lowest BCUT2D eigenvalue weighted by Gasteiger charge is -2.10. The molecule has 10 nitrogen and oxygen atoms in total. The van der Waals surface area contributed by atoms with Crippen molar-refractivity contribution in [2.45, 2.75) is 26.9 Å². The number of oxazole rings is 1. The van der Waals surface area contributed by atoms with E-state index in [9.17, 15) is 9.59 Å². The van der Waals surface area contributed by atoms with Crippen molar-refractivity contribution in [3.05, 3.63) is 87.3 Å². The average molecular weight is 444 g/mol. The number of fused-ring (bicyclic) bond motifs is 1. The monoisotopic (exact) mass is 444 g/mol. The summed E-state index contributed by atoms with van der Waals surface area (Å²) in [7, 11) is 0. The number of nitrogens with zero attached hydrogens (tertiary/aromatic N) is 5. The molecule has 0 bridgehead atoms. The number of anilines is 1. The molecule has 0 aliphatic rings. The third-order valence-corrected chi connectivity index (χ3v) is 5.63. The third kappa shape index (κ3) is 3.41. The molecule has 0 aliphatic carbocycles. The van der Waals surface area contributed by atoms with E-state index in [1.165, 1.54) is 21.5 Å². The quantitative estimate of drug-likeness (QED) is 0.398. The van der Waals surface area contributed by atoms with E-state index in [2.05, 4.69) is 15.1 Å². The first-order chi connectivity index (χ1) is 16.0. The number of hydrogen-bond donors (Lipinski definition) is 2. The van der Waals surface area contributed by atoms with Gasteiger partial charge in [0, 0.05) is 29.9 Å². The molecule has 5 rings (SSSR count). The average Bonchev–Trinajstić information content (AvgIpc) is 3.38. The maximum atomic E-state index is 13.3. The van der Waals surface area contributed by atoms with Crippen LogP contribution in [0, 0.1) is 6.92 Å². The third-order valence-electron chi connectivity index (χ3n) is 5.63. The molecule has 0 spiro atoms. The van der Waals surface area contributed by atoms with Gasteiger partial charge in [0.25, 0.3) is 5.56 Å². The van der Waals surface area contributed by atoms with E-state index in [-0.39, 0.29) is 23.7 Å². The molecule has 0 fully saturated rings. The van der Waals surface area contributed by atoms with E-state index in [0.717, 1.165) is 11.1 Å². The fourth-order valence-corrected chi connectivity index (χ4v) is 3.90. The fourth-order valence-electron chi connectivity index (χ4n) is 3.90. The summed E-state index contributed by atoms with van der Waals surface area (Å²) >= 11 is 0. The van der Waals surface area contributed by atoms with E-state index in [1.807, 2.05) is 37.3 Å². The Morgan fingerprint density at radius 2 is 1.91 bits per heavy atom. The minimum atomic E-state index is -0.387. The van der Waals surface area contributed by atoms with Crippen LogP contribution in [0.2, 0.25) is 0 Å². The molecule has 1 aromatic carbocycles. The summed E-state index contributed by atoms with van der Waals surface area (Å²) in [6.45, 7) is 4.37. The predicted octanol–water partition coefficient (Wildman–Crippen LogP) is 1.75. The second-order valence-corrected chi connectivity index (χ2v) is 7.62. The highest BCUT2D eigenvalue weighted by Crippen LogP contribution is 2.32. The summed E-state index contributed by atoms with van der Waals surface area (Å²) in [4.78, 5) is 34.3. The number of H-pyrrole nitrogens is 1. The number of nitrogens with one attached hydrogen (secondary N) is 1. The van der Waals surface area contributed by atoms with Crippen molar-refractivity contribution in [3.63, 3.8) is 0 Å².